The largest absolute Gasteiger partial charge is 0.376 e. The lowest BCUT2D eigenvalue weighted by atomic mass is 10.1. The van der Waals surface area contributed by atoms with Crippen molar-refractivity contribution in [3.63, 3.8) is 0 Å². The van der Waals surface area contributed by atoms with Crippen molar-refractivity contribution in [2.75, 3.05) is 31.1 Å². The Labute approximate surface area is 176 Å². The van der Waals surface area contributed by atoms with Gasteiger partial charge in [-0.25, -0.2) is 4.98 Å². The molecule has 2 heterocycles. The first-order chi connectivity index (χ1) is 14.7. The first kappa shape index (κ1) is 19.7. The molecule has 30 heavy (non-hydrogen) atoms. The fourth-order valence-corrected chi connectivity index (χ4v) is 3.46. The molecule has 0 radical (unpaired) electrons. The zero-order chi connectivity index (χ0) is 20.8. The molecule has 0 aliphatic carbocycles. The van der Waals surface area contributed by atoms with Gasteiger partial charge in [0.25, 0.3) is 5.91 Å². The summed E-state index contributed by atoms with van der Waals surface area (Å²) in [5.74, 6) is 6.78. The molecule has 5 heteroatoms. The first-order valence-corrected chi connectivity index (χ1v) is 10.0. The number of rotatable bonds is 3. The number of carbonyl (C=O) groups excluding carboxylic acids is 1. The molecule has 0 saturated carbocycles. The van der Waals surface area contributed by atoms with Crippen LogP contribution in [0.5, 0.6) is 0 Å². The van der Waals surface area contributed by atoms with Gasteiger partial charge in [0.1, 0.15) is 11.9 Å². The van der Waals surface area contributed by atoms with Crippen molar-refractivity contribution in [2.24, 2.45) is 0 Å². The Hall–Kier alpha value is -3.62. The highest BCUT2D eigenvalue weighted by atomic mass is 16.3. The maximum absolute atomic E-state index is 12.9. The predicted octanol–water partition coefficient (Wildman–Crippen LogP) is 3.13. The van der Waals surface area contributed by atoms with E-state index in [9.17, 15) is 9.90 Å². The Balaban J connectivity index is 1.41. The quantitative estimate of drug-likeness (QED) is 0.690. The highest BCUT2D eigenvalue weighted by Gasteiger charge is 2.22. The van der Waals surface area contributed by atoms with E-state index in [4.69, 9.17) is 0 Å². The van der Waals surface area contributed by atoms with Gasteiger partial charge in [0.15, 0.2) is 0 Å². The van der Waals surface area contributed by atoms with Crippen molar-refractivity contribution in [1.29, 1.82) is 0 Å². The molecule has 0 bridgehead atoms. The van der Waals surface area contributed by atoms with Gasteiger partial charge in [-0.05, 0) is 35.9 Å². The summed E-state index contributed by atoms with van der Waals surface area (Å²) < 4.78 is 0. The standard InChI is InChI=1S/C25H23N3O2/c29-23(21-8-2-1-3-9-21)13-12-20-7-6-10-22(19-20)25(30)28-17-15-27(16-18-28)24-11-4-5-14-26-24/h1-11,14,19,23,29H,15-18H2. The van der Waals surface area contributed by atoms with Crippen molar-refractivity contribution in [1.82, 2.24) is 9.88 Å². The molecule has 1 aliphatic rings. The lowest BCUT2D eigenvalue weighted by Gasteiger charge is -2.35. The SMILES string of the molecule is O=C(c1cccc(C#CC(O)c2ccccc2)c1)N1CCN(c2ccccn2)CC1. The van der Waals surface area contributed by atoms with Crippen molar-refractivity contribution in [3.8, 4) is 11.8 Å². The van der Waals surface area contributed by atoms with Crippen LogP contribution < -0.4 is 4.90 Å². The van der Waals surface area contributed by atoms with Crippen LogP contribution in [0.15, 0.2) is 79.0 Å². The second-order valence-electron chi connectivity index (χ2n) is 7.13. The highest BCUT2D eigenvalue weighted by molar-refractivity contribution is 5.94. The van der Waals surface area contributed by atoms with Crippen LogP contribution in [-0.2, 0) is 0 Å². The lowest BCUT2D eigenvalue weighted by Crippen LogP contribution is -2.49. The minimum atomic E-state index is -0.856. The van der Waals surface area contributed by atoms with Gasteiger partial charge in [0, 0.05) is 43.5 Å². The Morgan fingerprint density at radius 3 is 2.43 bits per heavy atom. The van der Waals surface area contributed by atoms with Crippen molar-refractivity contribution in [3.05, 3.63) is 95.7 Å². The second kappa shape index (κ2) is 9.25. The summed E-state index contributed by atoms with van der Waals surface area (Å²) in [6.45, 7) is 2.81. The van der Waals surface area contributed by atoms with E-state index in [1.165, 1.54) is 0 Å². The fourth-order valence-electron chi connectivity index (χ4n) is 3.46. The average Bonchev–Trinajstić information content (AvgIpc) is 2.83. The van der Waals surface area contributed by atoms with E-state index in [1.807, 2.05) is 71.6 Å². The van der Waals surface area contributed by atoms with Crippen LogP contribution in [0, 0.1) is 11.8 Å². The third-order valence-corrected chi connectivity index (χ3v) is 5.12. The smallest absolute Gasteiger partial charge is 0.254 e. The van der Waals surface area contributed by atoms with E-state index in [2.05, 4.69) is 21.7 Å². The van der Waals surface area contributed by atoms with Gasteiger partial charge in [-0.15, -0.1) is 0 Å². The van der Waals surface area contributed by atoms with Crippen LogP contribution in [0.1, 0.15) is 27.6 Å². The number of piperazine rings is 1. The molecular formula is C25H23N3O2. The minimum absolute atomic E-state index is 0.00271. The Morgan fingerprint density at radius 1 is 0.933 bits per heavy atom. The maximum Gasteiger partial charge on any atom is 0.254 e. The fraction of sp³-hybridized carbons (Fsp3) is 0.200. The summed E-state index contributed by atoms with van der Waals surface area (Å²) in [6.07, 6.45) is 0.930. The van der Waals surface area contributed by atoms with E-state index in [-0.39, 0.29) is 5.91 Å². The molecule has 3 aromatic rings. The number of nitrogens with zero attached hydrogens (tertiary/aromatic N) is 3. The zero-order valence-electron chi connectivity index (χ0n) is 16.6. The van der Waals surface area contributed by atoms with E-state index >= 15 is 0 Å². The number of hydrogen-bond donors (Lipinski definition) is 1. The van der Waals surface area contributed by atoms with Gasteiger partial charge in [-0.1, -0.05) is 54.3 Å². The van der Waals surface area contributed by atoms with Crippen molar-refractivity contribution in [2.45, 2.75) is 6.10 Å². The number of anilines is 1. The lowest BCUT2D eigenvalue weighted by molar-refractivity contribution is 0.0746. The second-order valence-corrected chi connectivity index (χ2v) is 7.13. The van der Waals surface area contributed by atoms with Crippen LogP contribution in [0.2, 0.25) is 0 Å². The summed E-state index contributed by atoms with van der Waals surface area (Å²) in [5.41, 5.74) is 2.08. The molecule has 1 N–H and O–H groups in total. The number of pyridine rings is 1. The van der Waals surface area contributed by atoms with E-state index in [0.717, 1.165) is 24.5 Å². The van der Waals surface area contributed by atoms with E-state index in [1.54, 1.807) is 12.3 Å². The number of aliphatic hydroxyl groups excluding tert-OH is 1. The summed E-state index contributed by atoms with van der Waals surface area (Å²) in [4.78, 5) is 21.4. The summed E-state index contributed by atoms with van der Waals surface area (Å²) in [6, 6.07) is 22.5. The normalized spacial score (nSPS) is 14.6. The Kier molecular flexibility index (Phi) is 6.07. The molecule has 1 amide bonds. The van der Waals surface area contributed by atoms with Crippen molar-refractivity contribution < 1.29 is 9.90 Å². The van der Waals surface area contributed by atoms with Gasteiger partial charge in [-0.2, -0.15) is 0 Å². The van der Waals surface area contributed by atoms with Crippen molar-refractivity contribution >= 4 is 11.7 Å². The number of amides is 1. The molecule has 4 rings (SSSR count). The molecule has 1 aromatic heterocycles. The molecule has 2 aromatic carbocycles. The molecular weight excluding hydrogens is 374 g/mol. The maximum atomic E-state index is 12.9. The third-order valence-electron chi connectivity index (χ3n) is 5.12. The number of hydrogen-bond acceptors (Lipinski definition) is 4. The molecule has 1 fully saturated rings. The minimum Gasteiger partial charge on any atom is -0.376 e. The molecule has 0 spiro atoms. The topological polar surface area (TPSA) is 56.7 Å². The Morgan fingerprint density at radius 2 is 1.70 bits per heavy atom. The molecule has 1 atom stereocenters. The van der Waals surface area contributed by atoms with Crippen LogP contribution in [0.3, 0.4) is 0 Å². The summed E-state index contributed by atoms with van der Waals surface area (Å²) >= 11 is 0. The predicted molar refractivity (Wildman–Crippen MR) is 117 cm³/mol. The monoisotopic (exact) mass is 397 g/mol. The molecule has 1 unspecified atom stereocenters. The van der Waals surface area contributed by atoms with Crippen LogP contribution in [0.4, 0.5) is 5.82 Å². The Bertz CT molecular complexity index is 1050. The third kappa shape index (κ3) is 4.68. The van der Waals surface area contributed by atoms with E-state index in [0.29, 0.717) is 24.2 Å². The van der Waals surface area contributed by atoms with Gasteiger partial charge < -0.3 is 14.9 Å². The average molecular weight is 397 g/mol. The summed E-state index contributed by atoms with van der Waals surface area (Å²) in [5, 5.41) is 10.2. The van der Waals surface area contributed by atoms with Crippen LogP contribution in [-0.4, -0.2) is 47.1 Å². The summed E-state index contributed by atoms with van der Waals surface area (Å²) in [7, 11) is 0. The van der Waals surface area contributed by atoms with Crippen LogP contribution >= 0.6 is 0 Å². The zero-order valence-corrected chi connectivity index (χ0v) is 16.6. The number of aromatic nitrogens is 1. The molecule has 1 aliphatic heterocycles. The number of benzene rings is 2. The number of aliphatic hydroxyl groups is 1. The first-order valence-electron chi connectivity index (χ1n) is 10.0. The van der Waals surface area contributed by atoms with Gasteiger partial charge in [0.05, 0.1) is 0 Å². The van der Waals surface area contributed by atoms with Crippen LogP contribution in [0.25, 0.3) is 0 Å². The molecule has 5 nitrogen and oxygen atoms in total. The van der Waals surface area contributed by atoms with E-state index < -0.39 is 6.10 Å². The van der Waals surface area contributed by atoms with Gasteiger partial charge >= 0.3 is 0 Å². The molecule has 1 saturated heterocycles. The highest BCUT2D eigenvalue weighted by Crippen LogP contribution is 2.16. The van der Waals surface area contributed by atoms with Gasteiger partial charge in [-0.3, -0.25) is 4.79 Å². The van der Waals surface area contributed by atoms with Gasteiger partial charge in [0.2, 0.25) is 0 Å². The number of carbonyl (C=O) groups is 1. The molecule has 150 valence electrons.